The van der Waals surface area contributed by atoms with Gasteiger partial charge in [-0.05, 0) is 20.3 Å². The van der Waals surface area contributed by atoms with E-state index in [1.807, 2.05) is 0 Å². The third-order valence-corrected chi connectivity index (χ3v) is 3.25. The van der Waals surface area contributed by atoms with Crippen molar-refractivity contribution in [2.75, 3.05) is 20.2 Å². The minimum atomic E-state index is -1.08. The third kappa shape index (κ3) is 3.21. The summed E-state index contributed by atoms with van der Waals surface area (Å²) < 4.78 is 4.63. The van der Waals surface area contributed by atoms with E-state index in [1.54, 1.807) is 0 Å². The second kappa shape index (κ2) is 5.37. The first-order valence-corrected chi connectivity index (χ1v) is 5.87. The molecule has 0 spiro atoms. The smallest absolute Gasteiger partial charge is 0.310 e. The molecule has 6 nitrogen and oxygen atoms in total. The van der Waals surface area contributed by atoms with E-state index < -0.39 is 11.4 Å². The Morgan fingerprint density at radius 3 is 2.50 bits per heavy atom. The van der Waals surface area contributed by atoms with E-state index >= 15 is 0 Å². The molecule has 6 heteroatoms. The summed E-state index contributed by atoms with van der Waals surface area (Å²) in [7, 11) is 1.32. The van der Waals surface area contributed by atoms with Gasteiger partial charge in [0.15, 0.2) is 0 Å². The SMILES string of the molecule is COC(=O)C1CCN(C(=O)CC(C)(C)C(=O)O)C1. The van der Waals surface area contributed by atoms with Crippen LogP contribution in [0.25, 0.3) is 0 Å². The zero-order valence-electron chi connectivity index (χ0n) is 10.9. The predicted octanol–water partition coefficient (Wildman–Crippen LogP) is 0.509. The van der Waals surface area contributed by atoms with Gasteiger partial charge in [0, 0.05) is 19.5 Å². The van der Waals surface area contributed by atoms with Gasteiger partial charge in [-0.2, -0.15) is 0 Å². The Hall–Kier alpha value is -1.59. The molecule has 1 atom stereocenters. The van der Waals surface area contributed by atoms with Gasteiger partial charge >= 0.3 is 11.9 Å². The molecule has 0 saturated carbocycles. The number of carbonyl (C=O) groups excluding carboxylic acids is 2. The number of carbonyl (C=O) groups is 3. The molecule has 0 aliphatic carbocycles. The van der Waals surface area contributed by atoms with Crippen molar-refractivity contribution in [3.8, 4) is 0 Å². The highest BCUT2D eigenvalue weighted by Gasteiger charge is 2.36. The molecule has 1 aliphatic heterocycles. The maximum absolute atomic E-state index is 11.9. The van der Waals surface area contributed by atoms with Crippen molar-refractivity contribution in [1.82, 2.24) is 4.90 Å². The molecule has 102 valence electrons. The van der Waals surface area contributed by atoms with Crippen molar-refractivity contribution in [2.45, 2.75) is 26.7 Å². The Bertz CT molecular complexity index is 363. The molecule has 0 aromatic carbocycles. The lowest BCUT2D eigenvalue weighted by Gasteiger charge is -2.23. The summed E-state index contributed by atoms with van der Waals surface area (Å²) >= 11 is 0. The van der Waals surface area contributed by atoms with Gasteiger partial charge in [0.1, 0.15) is 0 Å². The fourth-order valence-electron chi connectivity index (χ4n) is 1.91. The summed E-state index contributed by atoms with van der Waals surface area (Å²) in [5.41, 5.74) is -1.08. The van der Waals surface area contributed by atoms with Crippen LogP contribution in [-0.4, -0.2) is 48.1 Å². The fraction of sp³-hybridized carbons (Fsp3) is 0.750. The molecule has 0 bridgehead atoms. The number of carboxylic acid groups (broad SMARTS) is 1. The quantitative estimate of drug-likeness (QED) is 0.742. The van der Waals surface area contributed by atoms with Crippen LogP contribution in [0.1, 0.15) is 26.7 Å². The summed E-state index contributed by atoms with van der Waals surface area (Å²) in [4.78, 5) is 35.7. The van der Waals surface area contributed by atoms with Gasteiger partial charge in [-0.1, -0.05) is 0 Å². The number of likely N-dealkylation sites (tertiary alicyclic amines) is 1. The molecule has 0 aromatic heterocycles. The standard InChI is InChI=1S/C12H19NO5/c1-12(2,11(16)17)6-9(14)13-5-4-8(7-13)10(15)18-3/h8H,4-7H2,1-3H3,(H,16,17). The number of nitrogens with zero attached hydrogens (tertiary/aromatic N) is 1. The van der Waals surface area contributed by atoms with Gasteiger partial charge in [0.25, 0.3) is 0 Å². The van der Waals surface area contributed by atoms with Crippen LogP contribution >= 0.6 is 0 Å². The first-order valence-electron chi connectivity index (χ1n) is 5.87. The summed E-state index contributed by atoms with van der Waals surface area (Å²) in [6.07, 6.45) is 0.516. The average Bonchev–Trinajstić information content (AvgIpc) is 2.76. The number of rotatable bonds is 4. The van der Waals surface area contributed by atoms with Crippen molar-refractivity contribution >= 4 is 17.8 Å². The normalized spacial score (nSPS) is 19.7. The van der Waals surface area contributed by atoms with E-state index in [-0.39, 0.29) is 24.2 Å². The summed E-state index contributed by atoms with van der Waals surface area (Å²) in [6, 6.07) is 0. The molecule has 1 amide bonds. The van der Waals surface area contributed by atoms with Crippen molar-refractivity contribution in [1.29, 1.82) is 0 Å². The lowest BCUT2D eigenvalue weighted by atomic mass is 9.89. The molecule has 18 heavy (non-hydrogen) atoms. The largest absolute Gasteiger partial charge is 0.481 e. The highest BCUT2D eigenvalue weighted by atomic mass is 16.5. The molecule has 0 radical (unpaired) electrons. The zero-order chi connectivity index (χ0) is 13.9. The average molecular weight is 257 g/mol. The van der Waals surface area contributed by atoms with Crippen LogP contribution in [0.5, 0.6) is 0 Å². The van der Waals surface area contributed by atoms with Gasteiger partial charge in [-0.25, -0.2) is 0 Å². The summed E-state index contributed by atoms with van der Waals surface area (Å²) in [6.45, 7) is 3.83. The molecule has 1 heterocycles. The molecule has 1 rings (SSSR count). The molecule has 1 fully saturated rings. The van der Waals surface area contributed by atoms with Gasteiger partial charge in [-0.15, -0.1) is 0 Å². The number of aliphatic carboxylic acids is 1. The maximum Gasteiger partial charge on any atom is 0.310 e. The minimum absolute atomic E-state index is 0.0593. The highest BCUT2D eigenvalue weighted by molar-refractivity contribution is 5.85. The van der Waals surface area contributed by atoms with E-state index in [4.69, 9.17) is 5.11 Å². The fourth-order valence-corrected chi connectivity index (χ4v) is 1.91. The Balaban J connectivity index is 2.55. The van der Waals surface area contributed by atoms with Crippen LogP contribution in [0.15, 0.2) is 0 Å². The van der Waals surface area contributed by atoms with Crippen LogP contribution in [0, 0.1) is 11.3 Å². The minimum Gasteiger partial charge on any atom is -0.481 e. The molecular weight excluding hydrogens is 238 g/mol. The summed E-state index contributed by atoms with van der Waals surface area (Å²) in [5.74, 6) is -1.83. The van der Waals surface area contributed by atoms with E-state index in [1.165, 1.54) is 25.9 Å². The first-order chi connectivity index (χ1) is 8.27. The Labute approximate surface area is 106 Å². The molecule has 1 saturated heterocycles. The number of esters is 1. The van der Waals surface area contributed by atoms with Crippen LogP contribution in [0.2, 0.25) is 0 Å². The zero-order valence-corrected chi connectivity index (χ0v) is 10.9. The number of carboxylic acids is 1. The number of hydrogen-bond donors (Lipinski definition) is 1. The Kier molecular flexibility index (Phi) is 4.32. The van der Waals surface area contributed by atoms with E-state index in [0.29, 0.717) is 19.5 Å². The molecule has 1 N–H and O–H groups in total. The van der Waals surface area contributed by atoms with Gasteiger partial charge in [-0.3, -0.25) is 14.4 Å². The van der Waals surface area contributed by atoms with Crippen molar-refractivity contribution in [2.24, 2.45) is 11.3 Å². The van der Waals surface area contributed by atoms with E-state index in [2.05, 4.69) is 4.74 Å². The summed E-state index contributed by atoms with van der Waals surface area (Å²) in [5, 5.41) is 8.97. The van der Waals surface area contributed by atoms with Gasteiger partial charge < -0.3 is 14.7 Å². The number of methoxy groups -OCH3 is 1. The van der Waals surface area contributed by atoms with Crippen LogP contribution in [-0.2, 0) is 19.1 Å². The van der Waals surface area contributed by atoms with E-state index in [9.17, 15) is 14.4 Å². The van der Waals surface area contributed by atoms with Crippen molar-refractivity contribution < 1.29 is 24.2 Å². The monoisotopic (exact) mass is 257 g/mol. The predicted molar refractivity (Wildman–Crippen MR) is 62.7 cm³/mol. The molecule has 1 unspecified atom stereocenters. The van der Waals surface area contributed by atoms with Crippen molar-refractivity contribution in [3.05, 3.63) is 0 Å². The number of hydrogen-bond acceptors (Lipinski definition) is 4. The van der Waals surface area contributed by atoms with Gasteiger partial charge in [0.2, 0.25) is 5.91 Å². The van der Waals surface area contributed by atoms with Gasteiger partial charge in [0.05, 0.1) is 18.4 Å². The second-order valence-electron chi connectivity index (χ2n) is 5.21. The maximum atomic E-state index is 11.9. The number of amides is 1. The van der Waals surface area contributed by atoms with E-state index in [0.717, 1.165) is 0 Å². The Morgan fingerprint density at radius 1 is 1.39 bits per heavy atom. The van der Waals surface area contributed by atoms with Crippen LogP contribution < -0.4 is 0 Å². The third-order valence-electron chi connectivity index (χ3n) is 3.25. The molecular formula is C12H19NO5. The second-order valence-corrected chi connectivity index (χ2v) is 5.21. The lowest BCUT2D eigenvalue weighted by Crippen LogP contribution is -2.36. The van der Waals surface area contributed by atoms with Crippen LogP contribution in [0.3, 0.4) is 0 Å². The topological polar surface area (TPSA) is 83.9 Å². The van der Waals surface area contributed by atoms with Crippen LogP contribution in [0.4, 0.5) is 0 Å². The molecule has 1 aliphatic rings. The first kappa shape index (κ1) is 14.5. The highest BCUT2D eigenvalue weighted by Crippen LogP contribution is 2.25. The lowest BCUT2D eigenvalue weighted by molar-refractivity contribution is -0.151. The molecule has 0 aromatic rings. The number of ether oxygens (including phenoxy) is 1. The van der Waals surface area contributed by atoms with Crippen molar-refractivity contribution in [3.63, 3.8) is 0 Å². The Morgan fingerprint density at radius 2 is 2.00 bits per heavy atom.